The van der Waals surface area contributed by atoms with Crippen molar-refractivity contribution in [2.45, 2.75) is 0 Å². The fraction of sp³-hybridized carbons (Fsp3) is 0.400. The fourth-order valence-corrected chi connectivity index (χ4v) is 1.17. The topological polar surface area (TPSA) is 65.7 Å². The molecule has 0 unspecified atom stereocenters. The molecule has 0 amide bonds. The lowest BCUT2D eigenvalue weighted by Gasteiger charge is -2.13. The van der Waals surface area contributed by atoms with Crippen LogP contribution in [0.1, 0.15) is 0 Å². The molecular weight excluding hydrogens is 196 g/mol. The molecule has 84 valence electrons. The Morgan fingerprint density at radius 1 is 1.20 bits per heavy atom. The van der Waals surface area contributed by atoms with Gasteiger partial charge in [0.1, 0.15) is 6.61 Å². The first kappa shape index (κ1) is 11.6. The summed E-state index contributed by atoms with van der Waals surface area (Å²) in [5, 5.41) is 0. The minimum absolute atomic E-state index is 0.452. The van der Waals surface area contributed by atoms with E-state index < -0.39 is 0 Å². The van der Waals surface area contributed by atoms with Gasteiger partial charge in [0.15, 0.2) is 11.5 Å². The first-order valence-corrected chi connectivity index (χ1v) is 4.60. The molecule has 3 N–H and O–H groups in total. The second kappa shape index (κ2) is 6.10. The van der Waals surface area contributed by atoms with Gasteiger partial charge in [-0.2, -0.15) is 0 Å². The van der Waals surface area contributed by atoms with Gasteiger partial charge in [-0.15, -0.1) is 0 Å². The van der Waals surface area contributed by atoms with E-state index in [0.717, 1.165) is 0 Å². The van der Waals surface area contributed by atoms with Crippen LogP contribution in [-0.2, 0) is 0 Å². The zero-order valence-corrected chi connectivity index (χ0v) is 8.95. The quantitative estimate of drug-likeness (QED) is 0.409. The second-order valence-electron chi connectivity index (χ2n) is 2.79. The second-order valence-corrected chi connectivity index (χ2v) is 2.79. The van der Waals surface area contributed by atoms with E-state index in [1.807, 2.05) is 18.2 Å². The van der Waals surface area contributed by atoms with Gasteiger partial charge in [0.2, 0.25) is 5.75 Å². The third-order valence-corrected chi connectivity index (χ3v) is 1.88. The summed E-state index contributed by atoms with van der Waals surface area (Å²) in [7, 11) is 3.17. The number of nitrogens with one attached hydrogen (secondary N) is 1. The molecule has 0 bridgehead atoms. The van der Waals surface area contributed by atoms with Gasteiger partial charge in [-0.25, -0.2) is 0 Å². The van der Waals surface area contributed by atoms with Crippen LogP contribution in [0.5, 0.6) is 17.2 Å². The molecule has 0 spiro atoms. The van der Waals surface area contributed by atoms with Crippen LogP contribution in [0.2, 0.25) is 0 Å². The van der Waals surface area contributed by atoms with Crippen LogP contribution < -0.4 is 25.5 Å². The van der Waals surface area contributed by atoms with Crippen LogP contribution in [0.4, 0.5) is 0 Å². The summed E-state index contributed by atoms with van der Waals surface area (Å²) in [4.78, 5) is 0. The normalized spacial score (nSPS) is 9.80. The highest BCUT2D eigenvalue weighted by Gasteiger charge is 2.10. The molecule has 0 aliphatic heterocycles. The van der Waals surface area contributed by atoms with Crippen LogP contribution in [-0.4, -0.2) is 27.4 Å². The Morgan fingerprint density at radius 2 is 1.80 bits per heavy atom. The number of nitrogens with two attached hydrogens (primary N) is 1. The highest BCUT2D eigenvalue weighted by atomic mass is 16.5. The molecule has 0 aliphatic carbocycles. The van der Waals surface area contributed by atoms with E-state index in [1.165, 1.54) is 0 Å². The summed E-state index contributed by atoms with van der Waals surface area (Å²) >= 11 is 0. The van der Waals surface area contributed by atoms with Gasteiger partial charge >= 0.3 is 0 Å². The smallest absolute Gasteiger partial charge is 0.203 e. The standard InChI is InChI=1S/C10H16N2O3/c1-13-8-4-3-5-9(14-2)10(8)15-7-6-12-11/h3-5,12H,6-7,11H2,1-2H3. The lowest BCUT2D eigenvalue weighted by molar-refractivity contribution is 0.274. The number of ether oxygens (including phenoxy) is 3. The Bertz CT molecular complexity index is 282. The maximum atomic E-state index is 5.50. The van der Waals surface area contributed by atoms with Gasteiger partial charge in [0, 0.05) is 6.54 Å². The van der Waals surface area contributed by atoms with Crippen LogP contribution in [0.3, 0.4) is 0 Å². The van der Waals surface area contributed by atoms with E-state index in [4.69, 9.17) is 20.1 Å². The monoisotopic (exact) mass is 212 g/mol. The summed E-state index contributed by atoms with van der Waals surface area (Å²) < 4.78 is 15.8. The molecule has 1 aromatic rings. The van der Waals surface area contributed by atoms with E-state index >= 15 is 0 Å². The first-order chi connectivity index (χ1) is 7.33. The van der Waals surface area contributed by atoms with Crippen LogP contribution in [0.15, 0.2) is 18.2 Å². The molecule has 0 radical (unpaired) electrons. The number of hydrogen-bond donors (Lipinski definition) is 2. The highest BCUT2D eigenvalue weighted by molar-refractivity contribution is 5.51. The number of hydrazine groups is 1. The van der Waals surface area contributed by atoms with Gasteiger partial charge in [0.05, 0.1) is 14.2 Å². The largest absolute Gasteiger partial charge is 0.493 e. The van der Waals surface area contributed by atoms with Crippen molar-refractivity contribution in [3.63, 3.8) is 0 Å². The van der Waals surface area contributed by atoms with E-state index in [-0.39, 0.29) is 0 Å². The first-order valence-electron chi connectivity index (χ1n) is 4.60. The molecule has 0 aliphatic rings. The highest BCUT2D eigenvalue weighted by Crippen LogP contribution is 2.36. The molecule has 0 fully saturated rings. The van der Waals surface area contributed by atoms with E-state index in [2.05, 4.69) is 5.43 Å². The molecular formula is C10H16N2O3. The third-order valence-electron chi connectivity index (χ3n) is 1.88. The molecule has 5 heteroatoms. The van der Waals surface area contributed by atoms with Crippen molar-refractivity contribution < 1.29 is 14.2 Å². The Kier molecular flexibility index (Phi) is 4.73. The molecule has 15 heavy (non-hydrogen) atoms. The number of rotatable bonds is 6. The Balaban J connectivity index is 2.80. The van der Waals surface area contributed by atoms with E-state index in [1.54, 1.807) is 14.2 Å². The maximum absolute atomic E-state index is 5.50. The average Bonchev–Trinajstić information content (AvgIpc) is 2.29. The lowest BCUT2D eigenvalue weighted by Crippen LogP contribution is -2.27. The maximum Gasteiger partial charge on any atom is 0.203 e. The zero-order valence-electron chi connectivity index (χ0n) is 8.95. The van der Waals surface area contributed by atoms with Gasteiger partial charge in [-0.3, -0.25) is 11.3 Å². The number of hydrogen-bond acceptors (Lipinski definition) is 5. The fourth-order valence-electron chi connectivity index (χ4n) is 1.17. The summed E-state index contributed by atoms with van der Waals surface area (Å²) in [5.41, 5.74) is 2.51. The van der Waals surface area contributed by atoms with Crippen molar-refractivity contribution in [1.82, 2.24) is 5.43 Å². The summed E-state index contributed by atoms with van der Waals surface area (Å²) in [5.74, 6) is 7.03. The predicted molar refractivity (Wildman–Crippen MR) is 57.2 cm³/mol. The minimum Gasteiger partial charge on any atom is -0.493 e. The van der Waals surface area contributed by atoms with Crippen molar-refractivity contribution in [2.24, 2.45) is 5.84 Å². The number of benzene rings is 1. The Hall–Kier alpha value is -1.46. The number of para-hydroxylation sites is 1. The third kappa shape index (κ3) is 3.00. The lowest BCUT2D eigenvalue weighted by atomic mass is 10.3. The van der Waals surface area contributed by atoms with Crippen molar-refractivity contribution in [2.75, 3.05) is 27.4 Å². The molecule has 0 aromatic heterocycles. The van der Waals surface area contributed by atoms with Gasteiger partial charge < -0.3 is 14.2 Å². The van der Waals surface area contributed by atoms with E-state index in [0.29, 0.717) is 30.4 Å². The molecule has 0 saturated carbocycles. The van der Waals surface area contributed by atoms with Gasteiger partial charge in [0.25, 0.3) is 0 Å². The van der Waals surface area contributed by atoms with Gasteiger partial charge in [-0.1, -0.05) is 6.07 Å². The van der Waals surface area contributed by atoms with Crippen molar-refractivity contribution in [3.8, 4) is 17.2 Å². The minimum atomic E-state index is 0.452. The summed E-state index contributed by atoms with van der Waals surface area (Å²) in [6.07, 6.45) is 0. The van der Waals surface area contributed by atoms with Crippen molar-refractivity contribution >= 4 is 0 Å². The summed E-state index contributed by atoms with van der Waals surface area (Å²) in [6, 6.07) is 5.47. The van der Waals surface area contributed by atoms with E-state index in [9.17, 15) is 0 Å². The summed E-state index contributed by atoms with van der Waals surface area (Å²) in [6.45, 7) is 1.01. The molecule has 0 saturated heterocycles. The predicted octanol–water partition coefficient (Wildman–Crippen LogP) is 0.546. The van der Waals surface area contributed by atoms with Crippen LogP contribution >= 0.6 is 0 Å². The SMILES string of the molecule is COc1cccc(OC)c1OCCNN. The Morgan fingerprint density at radius 3 is 2.27 bits per heavy atom. The van der Waals surface area contributed by atoms with Crippen LogP contribution in [0.25, 0.3) is 0 Å². The molecule has 1 rings (SSSR count). The zero-order chi connectivity index (χ0) is 11.1. The molecule has 0 atom stereocenters. The van der Waals surface area contributed by atoms with Crippen molar-refractivity contribution in [3.05, 3.63) is 18.2 Å². The molecule has 1 aromatic carbocycles. The molecule has 5 nitrogen and oxygen atoms in total. The van der Waals surface area contributed by atoms with Crippen molar-refractivity contribution in [1.29, 1.82) is 0 Å². The average molecular weight is 212 g/mol. The Labute approximate surface area is 89.1 Å². The number of methoxy groups -OCH3 is 2. The molecule has 0 heterocycles. The van der Waals surface area contributed by atoms with Crippen LogP contribution in [0, 0.1) is 0 Å². The van der Waals surface area contributed by atoms with Gasteiger partial charge in [-0.05, 0) is 12.1 Å².